The number of amides is 1. The van der Waals surface area contributed by atoms with Crippen molar-refractivity contribution in [3.63, 3.8) is 0 Å². The van der Waals surface area contributed by atoms with E-state index in [9.17, 15) is 27.6 Å². The number of nitrogen functional groups attached to an aromatic ring is 1. The molecule has 3 rings (SSSR count). The van der Waals surface area contributed by atoms with Gasteiger partial charge in [0.25, 0.3) is 5.91 Å². The Morgan fingerprint density at radius 1 is 0.930 bits per heavy atom. The van der Waals surface area contributed by atoms with Crippen LogP contribution in [0.4, 0.5) is 24.5 Å². The van der Waals surface area contributed by atoms with Crippen molar-refractivity contribution in [3.05, 3.63) is 83.4 Å². The lowest BCUT2D eigenvalue weighted by atomic mass is 10.0. The number of halogens is 3. The highest BCUT2D eigenvalue weighted by atomic mass is 19.4. The lowest BCUT2D eigenvalue weighted by Crippen LogP contribution is -2.37. The van der Waals surface area contributed by atoms with Crippen LogP contribution in [0.15, 0.2) is 66.7 Å². The zero-order chi connectivity index (χ0) is 31.7. The van der Waals surface area contributed by atoms with E-state index < -0.39 is 30.1 Å². The first-order chi connectivity index (χ1) is 20.3. The first kappa shape index (κ1) is 32.2. The van der Waals surface area contributed by atoms with E-state index in [1.165, 1.54) is 12.1 Å². The Balaban J connectivity index is 1.86. The van der Waals surface area contributed by atoms with E-state index in [2.05, 4.69) is 20.9 Å². The van der Waals surface area contributed by atoms with Gasteiger partial charge in [-0.2, -0.15) is 13.2 Å². The zero-order valence-electron chi connectivity index (χ0n) is 23.4. The molecule has 1 amide bonds. The quantitative estimate of drug-likeness (QED) is 0.0651. The maximum atomic E-state index is 13.5. The van der Waals surface area contributed by atoms with Crippen LogP contribution in [0.3, 0.4) is 0 Å². The number of benzene rings is 3. The molecule has 0 saturated carbocycles. The summed E-state index contributed by atoms with van der Waals surface area (Å²) in [7, 11) is 0. The molecule has 0 radical (unpaired) electrons. The van der Waals surface area contributed by atoms with Gasteiger partial charge in [-0.25, -0.2) is 9.59 Å². The van der Waals surface area contributed by atoms with E-state index in [0.29, 0.717) is 34.9 Å². The largest absolute Gasteiger partial charge is 0.491 e. The average Bonchev–Trinajstić information content (AvgIpc) is 2.95. The van der Waals surface area contributed by atoms with Crippen LogP contribution >= 0.6 is 0 Å². The van der Waals surface area contributed by atoms with Gasteiger partial charge >= 0.3 is 18.1 Å². The molecule has 0 aliphatic carbocycles. The van der Waals surface area contributed by atoms with Crippen LogP contribution in [0.2, 0.25) is 0 Å². The Kier molecular flexibility index (Phi) is 10.6. The first-order valence-electron chi connectivity index (χ1n) is 12.9. The summed E-state index contributed by atoms with van der Waals surface area (Å²) in [5, 5.41) is 10.7. The van der Waals surface area contributed by atoms with Crippen molar-refractivity contribution in [1.82, 2.24) is 5.43 Å². The van der Waals surface area contributed by atoms with Crippen LogP contribution in [0, 0.1) is 5.41 Å². The molecule has 11 nitrogen and oxygen atoms in total. The smallest absolute Gasteiger partial charge is 0.490 e. The van der Waals surface area contributed by atoms with E-state index >= 15 is 0 Å². The van der Waals surface area contributed by atoms with E-state index in [4.69, 9.17) is 20.6 Å². The lowest BCUT2D eigenvalue weighted by molar-refractivity contribution is -0.193. The molecule has 3 aromatic carbocycles. The van der Waals surface area contributed by atoms with E-state index in [1.54, 1.807) is 49.4 Å². The molecule has 6 N–H and O–H groups in total. The summed E-state index contributed by atoms with van der Waals surface area (Å²) in [6, 6.07) is 15.5. The second kappa shape index (κ2) is 14.1. The number of nitrogens with two attached hydrogens (primary N) is 1. The first-order valence-corrected chi connectivity index (χ1v) is 12.9. The van der Waals surface area contributed by atoms with Crippen molar-refractivity contribution in [1.29, 1.82) is 5.41 Å². The number of anilines is 2. The van der Waals surface area contributed by atoms with Gasteiger partial charge in [0.15, 0.2) is 11.5 Å². The van der Waals surface area contributed by atoms with Crippen LogP contribution in [0.5, 0.6) is 11.5 Å². The molecule has 0 bridgehead atoms. The van der Waals surface area contributed by atoms with E-state index in [1.807, 2.05) is 13.8 Å². The molecular formula is C29H30F3N5O6. The number of rotatable bonds is 12. The molecule has 0 spiro atoms. The number of ether oxygens (including phenoxy) is 3. The number of amidine groups is 1. The van der Waals surface area contributed by atoms with Gasteiger partial charge < -0.3 is 25.3 Å². The number of alkyl halides is 3. The second-order valence-electron chi connectivity index (χ2n) is 9.24. The molecular weight excluding hydrogens is 571 g/mol. The van der Waals surface area contributed by atoms with Crippen molar-refractivity contribution in [3.8, 4) is 11.5 Å². The van der Waals surface area contributed by atoms with Crippen LogP contribution in [-0.2, 0) is 14.3 Å². The summed E-state index contributed by atoms with van der Waals surface area (Å²) in [6.07, 6.45) is -5.47. The minimum Gasteiger partial charge on any atom is -0.490 e. The van der Waals surface area contributed by atoms with Gasteiger partial charge in [-0.05, 0) is 80.9 Å². The minimum atomic E-state index is -5.34. The van der Waals surface area contributed by atoms with Gasteiger partial charge in [-0.3, -0.25) is 21.1 Å². The predicted octanol–water partition coefficient (Wildman–Crippen LogP) is 4.70. The third-order valence-electron chi connectivity index (χ3n) is 5.58. The van der Waals surface area contributed by atoms with Gasteiger partial charge in [0.05, 0.1) is 24.0 Å². The van der Waals surface area contributed by atoms with Crippen LogP contribution in [-0.4, -0.2) is 42.6 Å². The van der Waals surface area contributed by atoms with Crippen molar-refractivity contribution in [2.24, 2.45) is 5.73 Å². The molecule has 0 fully saturated rings. The molecule has 1 atom stereocenters. The maximum Gasteiger partial charge on any atom is 0.491 e. The van der Waals surface area contributed by atoms with Crippen molar-refractivity contribution in [2.45, 2.75) is 39.1 Å². The van der Waals surface area contributed by atoms with Gasteiger partial charge in [-0.1, -0.05) is 12.1 Å². The molecule has 0 aromatic heterocycles. The van der Waals surface area contributed by atoms with Crippen molar-refractivity contribution < 1.29 is 41.8 Å². The van der Waals surface area contributed by atoms with Gasteiger partial charge in [-0.15, -0.1) is 0 Å². The number of carbonyl (C=O) groups excluding carboxylic acids is 3. The average molecular weight is 602 g/mol. The van der Waals surface area contributed by atoms with Crippen molar-refractivity contribution >= 4 is 35.1 Å². The van der Waals surface area contributed by atoms with Crippen LogP contribution in [0.1, 0.15) is 48.3 Å². The standard InChI is InChI=1S/C29H30F3N5O6/c1-4-41-23-15-18(10-13-22(23)42-16(2)3)24(35-20-11-8-17(9-12-20)25(33)34)26(38)37-36-21-7-5-6-19(14-21)27(39)43-28(40)29(30,31)32/h5-16,24,35-36H,4H2,1-3H3,(H3,33,34)(H,37,38). The molecule has 0 aliphatic rings. The Morgan fingerprint density at radius 2 is 1.63 bits per heavy atom. The fraction of sp³-hybridized carbons (Fsp3) is 0.241. The highest BCUT2D eigenvalue weighted by Crippen LogP contribution is 2.33. The number of nitrogens with one attached hydrogen (secondary N) is 4. The monoisotopic (exact) mass is 601 g/mol. The fourth-order valence-corrected chi connectivity index (χ4v) is 3.67. The third kappa shape index (κ3) is 9.11. The number of carbonyl (C=O) groups is 3. The summed E-state index contributed by atoms with van der Waals surface area (Å²) in [5.41, 5.74) is 11.9. The summed E-state index contributed by atoms with van der Waals surface area (Å²) >= 11 is 0. The molecule has 43 heavy (non-hydrogen) atoms. The van der Waals surface area contributed by atoms with Crippen molar-refractivity contribution in [2.75, 3.05) is 17.3 Å². The Bertz CT molecular complexity index is 1480. The zero-order valence-corrected chi connectivity index (χ0v) is 23.4. The van der Waals surface area contributed by atoms with Gasteiger partial charge in [0, 0.05) is 11.3 Å². The maximum absolute atomic E-state index is 13.5. The molecule has 228 valence electrons. The highest BCUT2D eigenvalue weighted by Gasteiger charge is 2.42. The highest BCUT2D eigenvalue weighted by molar-refractivity contribution is 5.99. The summed E-state index contributed by atoms with van der Waals surface area (Å²) in [5.74, 6) is -4.00. The van der Waals surface area contributed by atoms with Crippen LogP contribution in [0.25, 0.3) is 0 Å². The Labute approximate surface area is 245 Å². The SMILES string of the molecule is CCOc1cc(C(Nc2ccc(C(=N)N)cc2)C(=O)NNc2cccc(C(=O)OC(=O)C(F)(F)F)c2)ccc1OC(C)C. The molecule has 1 unspecified atom stereocenters. The normalized spacial score (nSPS) is 11.7. The molecule has 0 heterocycles. The number of esters is 2. The summed E-state index contributed by atoms with van der Waals surface area (Å²) < 4.78 is 52.8. The summed E-state index contributed by atoms with van der Waals surface area (Å²) in [6.45, 7) is 5.86. The minimum absolute atomic E-state index is 0.113. The number of hydrogen-bond acceptors (Lipinski definition) is 9. The fourth-order valence-electron chi connectivity index (χ4n) is 3.67. The summed E-state index contributed by atoms with van der Waals surface area (Å²) in [4.78, 5) is 36.5. The predicted molar refractivity (Wildman–Crippen MR) is 152 cm³/mol. The second-order valence-corrected chi connectivity index (χ2v) is 9.24. The lowest BCUT2D eigenvalue weighted by Gasteiger charge is -2.22. The van der Waals surface area contributed by atoms with E-state index in [-0.39, 0.29) is 23.2 Å². The molecule has 3 aromatic rings. The molecule has 0 saturated heterocycles. The number of hydrazine groups is 1. The van der Waals surface area contributed by atoms with Gasteiger partial charge in [0.1, 0.15) is 11.9 Å². The topological polar surface area (TPSA) is 165 Å². The number of hydrogen-bond donors (Lipinski definition) is 5. The third-order valence-corrected chi connectivity index (χ3v) is 5.58. The van der Waals surface area contributed by atoms with E-state index in [0.717, 1.165) is 12.1 Å². The Hall–Kier alpha value is -5.27. The molecule has 14 heteroatoms. The van der Waals surface area contributed by atoms with Crippen LogP contribution < -0.4 is 31.4 Å². The Morgan fingerprint density at radius 3 is 2.23 bits per heavy atom. The van der Waals surface area contributed by atoms with Gasteiger partial charge in [0.2, 0.25) is 0 Å². The molecule has 0 aliphatic heterocycles.